The molecule has 0 radical (unpaired) electrons. The van der Waals surface area contributed by atoms with Crippen molar-refractivity contribution >= 4 is 29.3 Å². The van der Waals surface area contributed by atoms with Gasteiger partial charge in [0.2, 0.25) is 0 Å². The number of carbonyl (C=O) groups excluding carboxylic acids is 1. The quantitative estimate of drug-likeness (QED) is 0.266. The summed E-state index contributed by atoms with van der Waals surface area (Å²) in [4.78, 5) is 12.6. The molecule has 1 amide bonds. The molecule has 0 aliphatic rings. The van der Waals surface area contributed by atoms with Crippen molar-refractivity contribution in [1.29, 1.82) is 0 Å². The second-order valence-electron chi connectivity index (χ2n) is 8.18. The monoisotopic (exact) mass is 522 g/mol. The molecule has 3 aromatic carbocycles. The van der Waals surface area contributed by atoms with Crippen LogP contribution in [0.3, 0.4) is 0 Å². The highest BCUT2D eigenvalue weighted by Gasteiger charge is 2.21. The van der Waals surface area contributed by atoms with Crippen molar-refractivity contribution in [3.63, 3.8) is 0 Å². The van der Waals surface area contributed by atoms with Gasteiger partial charge < -0.3 is 14.8 Å². The number of nitrogens with zero attached hydrogens (tertiary/aromatic N) is 3. The third-order valence-electron chi connectivity index (χ3n) is 5.40. The van der Waals surface area contributed by atoms with E-state index in [1.807, 2.05) is 66.9 Å². The van der Waals surface area contributed by atoms with E-state index in [4.69, 9.17) is 21.1 Å². The van der Waals surface area contributed by atoms with Crippen molar-refractivity contribution in [3.8, 4) is 17.2 Å². The zero-order valence-electron chi connectivity index (χ0n) is 20.3. The lowest BCUT2D eigenvalue weighted by Crippen LogP contribution is -2.32. The van der Waals surface area contributed by atoms with Gasteiger partial charge in [-0.15, -0.1) is 10.2 Å². The number of carbonyl (C=O) groups is 1. The van der Waals surface area contributed by atoms with Crippen LogP contribution in [0.4, 0.5) is 0 Å². The lowest BCUT2D eigenvalue weighted by atomic mass is 10.2. The van der Waals surface area contributed by atoms with Gasteiger partial charge in [-0.1, -0.05) is 53.2 Å². The summed E-state index contributed by atoms with van der Waals surface area (Å²) >= 11 is 7.47. The summed E-state index contributed by atoms with van der Waals surface area (Å²) < 4.78 is 12.9. The van der Waals surface area contributed by atoms with E-state index in [9.17, 15) is 4.79 Å². The van der Waals surface area contributed by atoms with Crippen LogP contribution in [0.25, 0.3) is 5.69 Å². The first kappa shape index (κ1) is 25.6. The Balaban J connectivity index is 1.50. The fourth-order valence-corrected chi connectivity index (χ4v) is 4.56. The number of hydrogen-bond donors (Lipinski definition) is 1. The Morgan fingerprint density at radius 3 is 2.53 bits per heavy atom. The lowest BCUT2D eigenvalue weighted by molar-refractivity contribution is -0.123. The summed E-state index contributed by atoms with van der Waals surface area (Å²) in [7, 11) is 1.66. The molecule has 36 heavy (non-hydrogen) atoms. The number of ether oxygens (including phenoxy) is 2. The summed E-state index contributed by atoms with van der Waals surface area (Å²) in [6.45, 7) is 3.80. The molecule has 4 aromatic rings. The highest BCUT2D eigenvalue weighted by molar-refractivity contribution is 7.98. The molecule has 7 nitrogen and oxygen atoms in total. The Bertz CT molecular complexity index is 1310. The minimum Gasteiger partial charge on any atom is -0.497 e. The molecule has 0 saturated heterocycles. The van der Waals surface area contributed by atoms with Crippen LogP contribution in [0.15, 0.2) is 78.0 Å². The molecule has 0 aliphatic carbocycles. The topological polar surface area (TPSA) is 78.3 Å². The van der Waals surface area contributed by atoms with Gasteiger partial charge in [-0.05, 0) is 67.9 Å². The van der Waals surface area contributed by atoms with Gasteiger partial charge in [0.25, 0.3) is 5.91 Å². The molecule has 1 N–H and O–H groups in total. The summed E-state index contributed by atoms with van der Waals surface area (Å²) in [5.41, 5.74) is 3.19. The Hall–Kier alpha value is -3.49. The van der Waals surface area contributed by atoms with E-state index >= 15 is 0 Å². The van der Waals surface area contributed by atoms with Crippen molar-refractivity contribution in [2.24, 2.45) is 0 Å². The maximum Gasteiger partial charge on any atom is 0.258 e. The van der Waals surface area contributed by atoms with Gasteiger partial charge in [0.05, 0.1) is 13.2 Å². The van der Waals surface area contributed by atoms with Gasteiger partial charge in [-0.3, -0.25) is 9.36 Å². The Kier molecular flexibility index (Phi) is 8.51. The van der Waals surface area contributed by atoms with Crippen LogP contribution in [0.1, 0.15) is 29.9 Å². The molecule has 1 heterocycles. The van der Waals surface area contributed by atoms with Crippen LogP contribution in [0.5, 0.6) is 11.5 Å². The van der Waals surface area contributed by atoms with E-state index in [2.05, 4.69) is 15.5 Å². The molecule has 1 unspecified atom stereocenters. The molecule has 1 atom stereocenters. The fourth-order valence-electron chi connectivity index (χ4n) is 3.53. The number of nitrogens with one attached hydrogen (secondary N) is 1. The normalized spacial score (nSPS) is 11.7. The van der Waals surface area contributed by atoms with Gasteiger partial charge in [0, 0.05) is 16.5 Å². The average Bonchev–Trinajstić information content (AvgIpc) is 3.32. The predicted molar refractivity (Wildman–Crippen MR) is 142 cm³/mol. The number of thioether (sulfide) groups is 1. The summed E-state index contributed by atoms with van der Waals surface area (Å²) in [5, 5.41) is 13.2. The molecular formula is C27H27ClN4O3S. The molecule has 0 fully saturated rings. The van der Waals surface area contributed by atoms with E-state index in [-0.39, 0.29) is 12.5 Å². The number of amides is 1. The largest absolute Gasteiger partial charge is 0.497 e. The first-order valence-electron chi connectivity index (χ1n) is 11.4. The summed E-state index contributed by atoms with van der Waals surface area (Å²) in [5.74, 6) is 2.44. The number of methoxy groups -OCH3 is 1. The predicted octanol–water partition coefficient (Wildman–Crippen LogP) is 5.79. The molecule has 0 aliphatic heterocycles. The lowest BCUT2D eigenvalue weighted by Gasteiger charge is -2.17. The molecule has 0 spiro atoms. The average molecular weight is 523 g/mol. The minimum atomic E-state index is -0.397. The first-order valence-corrected chi connectivity index (χ1v) is 12.7. The standard InChI is InChI=1S/C27H27ClN4O3S/c1-18-7-11-22(12-8-18)32-26(19(2)29-25(33)16-35-23-13-9-21(28)10-14-23)30-31-27(32)36-17-20-5-4-6-24(15-20)34-3/h4-15,19H,16-17H2,1-3H3,(H,29,33). The van der Waals surface area contributed by atoms with Crippen molar-refractivity contribution < 1.29 is 14.3 Å². The third-order valence-corrected chi connectivity index (χ3v) is 6.65. The van der Waals surface area contributed by atoms with Crippen LogP contribution in [0, 0.1) is 6.92 Å². The Morgan fingerprint density at radius 1 is 1.06 bits per heavy atom. The van der Waals surface area contributed by atoms with Crippen LogP contribution in [0.2, 0.25) is 5.02 Å². The zero-order chi connectivity index (χ0) is 25.5. The maximum absolute atomic E-state index is 12.6. The molecule has 9 heteroatoms. The van der Waals surface area contributed by atoms with Gasteiger partial charge >= 0.3 is 0 Å². The second-order valence-corrected chi connectivity index (χ2v) is 9.56. The van der Waals surface area contributed by atoms with Gasteiger partial charge in [0.15, 0.2) is 17.6 Å². The minimum absolute atomic E-state index is 0.123. The maximum atomic E-state index is 12.6. The molecule has 0 saturated carbocycles. The second kappa shape index (κ2) is 12.0. The number of halogens is 1. The smallest absolute Gasteiger partial charge is 0.258 e. The molecule has 186 valence electrons. The molecule has 1 aromatic heterocycles. The van der Waals surface area contributed by atoms with E-state index in [0.717, 1.165) is 27.7 Å². The van der Waals surface area contributed by atoms with Gasteiger partial charge in [-0.2, -0.15) is 0 Å². The van der Waals surface area contributed by atoms with Crippen LogP contribution in [-0.2, 0) is 10.5 Å². The van der Waals surface area contributed by atoms with Crippen molar-refractivity contribution in [2.45, 2.75) is 30.8 Å². The van der Waals surface area contributed by atoms with Crippen LogP contribution in [-0.4, -0.2) is 34.4 Å². The number of benzene rings is 3. The van der Waals surface area contributed by atoms with Crippen LogP contribution < -0.4 is 14.8 Å². The van der Waals surface area contributed by atoms with E-state index < -0.39 is 6.04 Å². The SMILES string of the molecule is COc1cccc(CSc2nnc(C(C)NC(=O)COc3ccc(Cl)cc3)n2-c2ccc(C)cc2)c1. The van der Waals surface area contributed by atoms with Crippen molar-refractivity contribution in [1.82, 2.24) is 20.1 Å². The van der Waals surface area contributed by atoms with Crippen LogP contribution >= 0.6 is 23.4 Å². The summed E-state index contributed by atoms with van der Waals surface area (Å²) in [6, 6.07) is 22.5. The van der Waals surface area contributed by atoms with Crippen molar-refractivity contribution in [3.05, 3.63) is 94.8 Å². The highest BCUT2D eigenvalue weighted by Crippen LogP contribution is 2.28. The first-order chi connectivity index (χ1) is 17.4. The third kappa shape index (κ3) is 6.59. The van der Waals surface area contributed by atoms with E-state index in [1.165, 1.54) is 0 Å². The van der Waals surface area contributed by atoms with Gasteiger partial charge in [0.1, 0.15) is 11.5 Å². The van der Waals surface area contributed by atoms with E-state index in [0.29, 0.717) is 22.3 Å². The molecule has 4 rings (SSSR count). The van der Waals surface area contributed by atoms with E-state index in [1.54, 1.807) is 43.1 Å². The number of rotatable bonds is 10. The molecular weight excluding hydrogens is 496 g/mol. The highest BCUT2D eigenvalue weighted by atomic mass is 35.5. The number of aryl methyl sites for hydroxylation is 1. The number of aromatic nitrogens is 3. The van der Waals surface area contributed by atoms with Crippen molar-refractivity contribution in [2.75, 3.05) is 13.7 Å². The molecule has 0 bridgehead atoms. The zero-order valence-corrected chi connectivity index (χ0v) is 21.8. The summed E-state index contributed by atoms with van der Waals surface area (Å²) in [6.07, 6.45) is 0. The fraction of sp³-hybridized carbons (Fsp3) is 0.222. The Morgan fingerprint density at radius 2 is 1.81 bits per heavy atom. The Labute approximate surface area is 219 Å². The number of hydrogen-bond acceptors (Lipinski definition) is 6. The van der Waals surface area contributed by atoms with Gasteiger partial charge in [-0.25, -0.2) is 0 Å².